The molecule has 0 saturated carbocycles. The number of anilines is 2. The van der Waals surface area contributed by atoms with E-state index in [1.165, 1.54) is 0 Å². The van der Waals surface area contributed by atoms with E-state index in [9.17, 15) is 0 Å². The van der Waals surface area contributed by atoms with Crippen molar-refractivity contribution in [1.29, 1.82) is 0 Å². The van der Waals surface area contributed by atoms with Crippen molar-refractivity contribution < 1.29 is 0 Å². The van der Waals surface area contributed by atoms with Crippen LogP contribution in [0.1, 0.15) is 19.0 Å². The maximum absolute atomic E-state index is 5.48. The smallest absolute Gasteiger partial charge is 0.161 e. The van der Waals surface area contributed by atoms with Crippen molar-refractivity contribution >= 4 is 11.5 Å². The van der Waals surface area contributed by atoms with Gasteiger partial charge >= 0.3 is 0 Å². The molecule has 1 heterocycles. The van der Waals surface area contributed by atoms with Crippen molar-refractivity contribution in [3.05, 3.63) is 36.0 Å². The van der Waals surface area contributed by atoms with Crippen LogP contribution >= 0.6 is 0 Å². The first-order chi connectivity index (χ1) is 9.63. The van der Waals surface area contributed by atoms with Crippen LogP contribution in [0, 0.1) is 0 Å². The molecule has 0 amide bonds. The van der Waals surface area contributed by atoms with Gasteiger partial charge in [0.1, 0.15) is 5.82 Å². The SMILES string of the molecule is CCCc1cc(NN)nc(-c2ccc(N(C)C)cc2)n1. The average molecular weight is 271 g/mol. The Morgan fingerprint density at radius 3 is 2.40 bits per heavy atom. The molecule has 5 heteroatoms. The molecule has 0 fully saturated rings. The summed E-state index contributed by atoms with van der Waals surface area (Å²) in [5.74, 6) is 6.83. The van der Waals surface area contributed by atoms with Gasteiger partial charge in [0.2, 0.25) is 0 Å². The summed E-state index contributed by atoms with van der Waals surface area (Å²) in [6.07, 6.45) is 1.96. The summed E-state index contributed by atoms with van der Waals surface area (Å²) >= 11 is 0. The Hall–Kier alpha value is -2.14. The van der Waals surface area contributed by atoms with Crippen LogP contribution in [0.5, 0.6) is 0 Å². The lowest BCUT2D eigenvalue weighted by molar-refractivity contribution is 0.875. The van der Waals surface area contributed by atoms with E-state index in [-0.39, 0.29) is 0 Å². The van der Waals surface area contributed by atoms with Crippen molar-refractivity contribution in [2.24, 2.45) is 5.84 Å². The summed E-state index contributed by atoms with van der Waals surface area (Å²) in [6.45, 7) is 2.13. The second-order valence-corrected chi connectivity index (χ2v) is 4.90. The highest BCUT2D eigenvalue weighted by atomic mass is 15.3. The molecule has 0 saturated heterocycles. The zero-order chi connectivity index (χ0) is 14.5. The average Bonchev–Trinajstić information content (AvgIpc) is 2.47. The van der Waals surface area contributed by atoms with Crippen LogP contribution in [-0.4, -0.2) is 24.1 Å². The minimum atomic E-state index is 0.648. The monoisotopic (exact) mass is 271 g/mol. The molecule has 3 N–H and O–H groups in total. The van der Waals surface area contributed by atoms with Gasteiger partial charge in [0, 0.05) is 37.1 Å². The molecule has 0 spiro atoms. The highest BCUT2D eigenvalue weighted by Crippen LogP contribution is 2.21. The Balaban J connectivity index is 2.37. The molecule has 0 aliphatic rings. The third-order valence-electron chi connectivity index (χ3n) is 3.08. The second-order valence-electron chi connectivity index (χ2n) is 4.90. The lowest BCUT2D eigenvalue weighted by atomic mass is 10.1. The predicted molar refractivity (Wildman–Crippen MR) is 83.6 cm³/mol. The lowest BCUT2D eigenvalue weighted by Crippen LogP contribution is -2.11. The zero-order valence-corrected chi connectivity index (χ0v) is 12.2. The summed E-state index contributed by atoms with van der Waals surface area (Å²) in [5, 5.41) is 0. The highest BCUT2D eigenvalue weighted by Gasteiger charge is 2.06. The van der Waals surface area contributed by atoms with E-state index < -0.39 is 0 Å². The number of aromatic nitrogens is 2. The lowest BCUT2D eigenvalue weighted by Gasteiger charge is -2.13. The van der Waals surface area contributed by atoms with Gasteiger partial charge in [-0.2, -0.15) is 0 Å². The number of nitrogens with zero attached hydrogens (tertiary/aromatic N) is 3. The summed E-state index contributed by atoms with van der Waals surface area (Å²) in [5.41, 5.74) is 5.75. The van der Waals surface area contributed by atoms with Crippen LogP contribution in [0.25, 0.3) is 11.4 Å². The van der Waals surface area contributed by atoms with Crippen LogP contribution in [0.4, 0.5) is 11.5 Å². The summed E-state index contributed by atoms with van der Waals surface area (Å²) < 4.78 is 0. The maximum Gasteiger partial charge on any atom is 0.161 e. The Morgan fingerprint density at radius 2 is 1.85 bits per heavy atom. The summed E-state index contributed by atoms with van der Waals surface area (Å²) in [4.78, 5) is 11.1. The number of hydrogen-bond donors (Lipinski definition) is 2. The van der Waals surface area contributed by atoms with Gasteiger partial charge in [-0.05, 0) is 30.7 Å². The molecule has 5 nitrogen and oxygen atoms in total. The fraction of sp³-hybridized carbons (Fsp3) is 0.333. The maximum atomic E-state index is 5.48. The van der Waals surface area contributed by atoms with Crippen LogP contribution in [-0.2, 0) is 6.42 Å². The van der Waals surface area contributed by atoms with Crippen LogP contribution in [0.3, 0.4) is 0 Å². The van der Waals surface area contributed by atoms with E-state index in [4.69, 9.17) is 5.84 Å². The molecular weight excluding hydrogens is 250 g/mol. The number of aryl methyl sites for hydroxylation is 1. The number of rotatable bonds is 5. The van der Waals surface area contributed by atoms with Crippen molar-refractivity contribution in [2.75, 3.05) is 24.4 Å². The molecule has 106 valence electrons. The van der Waals surface area contributed by atoms with Gasteiger partial charge in [-0.3, -0.25) is 0 Å². The molecule has 0 radical (unpaired) electrons. The summed E-state index contributed by atoms with van der Waals surface area (Å²) in [6, 6.07) is 10.1. The van der Waals surface area contributed by atoms with Gasteiger partial charge in [-0.15, -0.1) is 0 Å². The number of nitrogens with one attached hydrogen (secondary N) is 1. The van der Waals surface area contributed by atoms with E-state index in [2.05, 4.69) is 39.4 Å². The van der Waals surface area contributed by atoms with Crippen LogP contribution < -0.4 is 16.2 Å². The van der Waals surface area contributed by atoms with Gasteiger partial charge in [0.05, 0.1) is 0 Å². The molecule has 1 aromatic heterocycles. The molecule has 1 aromatic carbocycles. The predicted octanol–water partition coefficient (Wildman–Crippen LogP) is 2.45. The van der Waals surface area contributed by atoms with Crippen molar-refractivity contribution in [3.8, 4) is 11.4 Å². The number of hydrazine groups is 1. The molecule has 0 unspecified atom stereocenters. The van der Waals surface area contributed by atoms with Crippen molar-refractivity contribution in [2.45, 2.75) is 19.8 Å². The number of benzene rings is 1. The molecular formula is C15H21N5. The number of nitrogens with two attached hydrogens (primary N) is 1. The van der Waals surface area contributed by atoms with Gasteiger partial charge < -0.3 is 10.3 Å². The standard InChI is InChI=1S/C15H21N5/c1-4-5-12-10-14(19-16)18-15(17-12)11-6-8-13(9-7-11)20(2)3/h6-10H,4-5,16H2,1-3H3,(H,17,18,19). The Kier molecular flexibility index (Phi) is 4.53. The van der Waals surface area contributed by atoms with Gasteiger partial charge in [-0.1, -0.05) is 13.3 Å². The van der Waals surface area contributed by atoms with E-state index in [1.807, 2.05) is 32.3 Å². The Bertz CT molecular complexity index is 563. The fourth-order valence-electron chi connectivity index (χ4n) is 1.99. The van der Waals surface area contributed by atoms with E-state index in [0.717, 1.165) is 29.8 Å². The first-order valence-electron chi connectivity index (χ1n) is 6.76. The number of nitrogen functional groups attached to an aromatic ring is 1. The number of hydrogen-bond acceptors (Lipinski definition) is 5. The molecule has 0 aliphatic heterocycles. The van der Waals surface area contributed by atoms with Gasteiger partial charge in [-0.25, -0.2) is 15.8 Å². The molecule has 20 heavy (non-hydrogen) atoms. The van der Waals surface area contributed by atoms with Crippen LogP contribution in [0.2, 0.25) is 0 Å². The third-order valence-corrected chi connectivity index (χ3v) is 3.08. The minimum Gasteiger partial charge on any atom is -0.378 e. The van der Waals surface area contributed by atoms with E-state index in [1.54, 1.807) is 0 Å². The Morgan fingerprint density at radius 1 is 1.15 bits per heavy atom. The van der Waals surface area contributed by atoms with Crippen molar-refractivity contribution in [3.63, 3.8) is 0 Å². The molecule has 0 atom stereocenters. The Labute approximate surface area is 119 Å². The van der Waals surface area contributed by atoms with Crippen LogP contribution in [0.15, 0.2) is 30.3 Å². The zero-order valence-electron chi connectivity index (χ0n) is 12.2. The molecule has 2 rings (SSSR count). The second kappa shape index (κ2) is 6.34. The largest absolute Gasteiger partial charge is 0.378 e. The van der Waals surface area contributed by atoms with E-state index >= 15 is 0 Å². The third kappa shape index (κ3) is 3.24. The first-order valence-corrected chi connectivity index (χ1v) is 6.76. The molecule has 2 aromatic rings. The molecule has 0 bridgehead atoms. The van der Waals surface area contributed by atoms with Gasteiger partial charge in [0.25, 0.3) is 0 Å². The normalized spacial score (nSPS) is 10.4. The molecule has 0 aliphatic carbocycles. The first kappa shape index (κ1) is 14.3. The van der Waals surface area contributed by atoms with E-state index in [0.29, 0.717) is 11.6 Å². The van der Waals surface area contributed by atoms with Crippen molar-refractivity contribution in [1.82, 2.24) is 9.97 Å². The topological polar surface area (TPSA) is 67.1 Å². The highest BCUT2D eigenvalue weighted by molar-refractivity contribution is 5.61. The van der Waals surface area contributed by atoms with Gasteiger partial charge in [0.15, 0.2) is 5.82 Å². The fourth-order valence-corrected chi connectivity index (χ4v) is 1.99. The quantitative estimate of drug-likeness (QED) is 0.646. The minimum absolute atomic E-state index is 0.648. The summed E-state index contributed by atoms with van der Waals surface area (Å²) in [7, 11) is 4.04.